The number of anilines is 1. The van der Waals surface area contributed by atoms with E-state index in [4.69, 9.17) is 11.6 Å². The van der Waals surface area contributed by atoms with Gasteiger partial charge < -0.3 is 9.88 Å². The van der Waals surface area contributed by atoms with E-state index in [-0.39, 0.29) is 11.2 Å². The summed E-state index contributed by atoms with van der Waals surface area (Å²) in [6.45, 7) is 5.87. The lowest BCUT2D eigenvalue weighted by atomic mass is 10.1. The third-order valence-corrected chi connectivity index (χ3v) is 5.70. The number of rotatable bonds is 5. The number of carbonyl (C=O) groups excluding carboxylic acids is 1. The molecule has 1 amide bonds. The fourth-order valence-electron chi connectivity index (χ4n) is 2.69. The molecule has 1 atom stereocenters. The first-order valence-corrected chi connectivity index (χ1v) is 9.81. The van der Waals surface area contributed by atoms with E-state index in [1.165, 1.54) is 17.3 Å². The molecule has 0 saturated carbocycles. The Balaban J connectivity index is 1.73. The summed E-state index contributed by atoms with van der Waals surface area (Å²) in [7, 11) is 1.87. The zero-order valence-corrected chi connectivity index (χ0v) is 17.2. The van der Waals surface area contributed by atoms with Crippen LogP contribution in [0.1, 0.15) is 18.1 Å². The molecule has 0 aliphatic carbocycles. The summed E-state index contributed by atoms with van der Waals surface area (Å²) in [5, 5.41) is 12.4. The summed E-state index contributed by atoms with van der Waals surface area (Å²) < 4.78 is 1.85. The minimum Gasteiger partial charge on any atom is -0.325 e. The first-order valence-electron chi connectivity index (χ1n) is 8.56. The molecule has 7 heteroatoms. The summed E-state index contributed by atoms with van der Waals surface area (Å²) in [5.74, 6) is 0.597. The molecule has 1 aromatic heterocycles. The Bertz CT molecular complexity index is 986. The first kappa shape index (κ1) is 19.5. The Morgan fingerprint density at radius 1 is 1.19 bits per heavy atom. The number of hydrogen-bond donors (Lipinski definition) is 1. The molecule has 0 saturated heterocycles. The fraction of sp³-hybridized carbons (Fsp3) is 0.250. The number of aromatic nitrogens is 3. The number of halogens is 1. The van der Waals surface area contributed by atoms with Gasteiger partial charge >= 0.3 is 0 Å². The molecule has 1 N–H and O–H groups in total. The quantitative estimate of drug-likeness (QED) is 0.620. The fourth-order valence-corrected chi connectivity index (χ4v) is 3.73. The molecule has 0 radical (unpaired) electrons. The number of hydrogen-bond acceptors (Lipinski definition) is 4. The standard InChI is InChI=1S/C20H21ClN4OS/c1-12-9-10-17(13(2)11-12)22-19(26)14(3)27-20-24-23-18(25(20)4)15-7-5-6-8-16(15)21/h5-11,14H,1-4H3,(H,22,26)/t14-/m1/s1. The van der Waals surface area contributed by atoms with E-state index in [9.17, 15) is 4.79 Å². The third kappa shape index (κ3) is 4.34. The maximum atomic E-state index is 12.6. The molecule has 1 heterocycles. The smallest absolute Gasteiger partial charge is 0.237 e. The molecule has 0 bridgehead atoms. The highest BCUT2D eigenvalue weighted by atomic mass is 35.5. The van der Waals surface area contributed by atoms with Crippen LogP contribution in [-0.2, 0) is 11.8 Å². The summed E-state index contributed by atoms with van der Waals surface area (Å²) in [6.07, 6.45) is 0. The van der Waals surface area contributed by atoms with Gasteiger partial charge in [0, 0.05) is 18.3 Å². The SMILES string of the molecule is Cc1ccc(NC(=O)[C@@H](C)Sc2nnc(-c3ccccc3Cl)n2C)c(C)c1. The highest BCUT2D eigenvalue weighted by Crippen LogP contribution is 2.30. The minimum atomic E-state index is -0.326. The number of nitrogens with zero attached hydrogens (tertiary/aromatic N) is 3. The van der Waals surface area contributed by atoms with Crippen molar-refractivity contribution in [3.8, 4) is 11.4 Å². The Kier molecular flexibility index (Phi) is 5.87. The van der Waals surface area contributed by atoms with Gasteiger partial charge in [0.15, 0.2) is 11.0 Å². The summed E-state index contributed by atoms with van der Waals surface area (Å²) >= 11 is 7.62. The highest BCUT2D eigenvalue weighted by Gasteiger charge is 2.20. The van der Waals surface area contributed by atoms with E-state index in [0.717, 1.165) is 16.8 Å². The molecule has 3 rings (SSSR count). The van der Waals surface area contributed by atoms with Crippen molar-refractivity contribution in [3.05, 3.63) is 58.6 Å². The molecule has 0 aliphatic heterocycles. The third-order valence-electron chi connectivity index (χ3n) is 4.24. The Morgan fingerprint density at radius 3 is 2.63 bits per heavy atom. The molecular formula is C20H21ClN4OS. The van der Waals surface area contributed by atoms with Crippen molar-refractivity contribution in [2.45, 2.75) is 31.2 Å². The van der Waals surface area contributed by atoms with Crippen LogP contribution in [0.3, 0.4) is 0 Å². The van der Waals surface area contributed by atoms with Crippen molar-refractivity contribution in [2.75, 3.05) is 5.32 Å². The number of carbonyl (C=O) groups is 1. The molecule has 27 heavy (non-hydrogen) atoms. The second-order valence-electron chi connectivity index (χ2n) is 6.41. The van der Waals surface area contributed by atoms with Crippen LogP contribution in [0.4, 0.5) is 5.69 Å². The summed E-state index contributed by atoms with van der Waals surface area (Å²) in [4.78, 5) is 12.6. The highest BCUT2D eigenvalue weighted by molar-refractivity contribution is 8.00. The van der Waals surface area contributed by atoms with E-state index in [1.54, 1.807) is 0 Å². The maximum Gasteiger partial charge on any atom is 0.237 e. The Labute approximate surface area is 168 Å². The first-order chi connectivity index (χ1) is 12.9. The monoisotopic (exact) mass is 400 g/mol. The van der Waals surface area contributed by atoms with Crippen molar-refractivity contribution in [2.24, 2.45) is 7.05 Å². The number of benzene rings is 2. The molecule has 0 spiro atoms. The van der Waals surface area contributed by atoms with Crippen LogP contribution in [0, 0.1) is 13.8 Å². The van der Waals surface area contributed by atoms with Crippen LogP contribution in [0.25, 0.3) is 11.4 Å². The van der Waals surface area contributed by atoms with Crippen LogP contribution in [-0.4, -0.2) is 25.9 Å². The van der Waals surface area contributed by atoms with Gasteiger partial charge in [-0.25, -0.2) is 0 Å². The lowest BCUT2D eigenvalue weighted by Gasteiger charge is -2.13. The molecule has 3 aromatic rings. The molecule has 0 unspecified atom stereocenters. The van der Waals surface area contributed by atoms with Crippen LogP contribution in [0.15, 0.2) is 47.6 Å². The predicted molar refractivity (Wildman–Crippen MR) is 111 cm³/mol. The van der Waals surface area contributed by atoms with Crippen molar-refractivity contribution < 1.29 is 4.79 Å². The minimum absolute atomic E-state index is 0.0748. The lowest BCUT2D eigenvalue weighted by Crippen LogP contribution is -2.23. The number of nitrogens with one attached hydrogen (secondary N) is 1. The summed E-state index contributed by atoms with van der Waals surface area (Å²) in [6, 6.07) is 13.5. The zero-order valence-electron chi connectivity index (χ0n) is 15.7. The average molecular weight is 401 g/mol. The van der Waals surface area contributed by atoms with Gasteiger partial charge in [-0.05, 0) is 44.5 Å². The van der Waals surface area contributed by atoms with E-state index >= 15 is 0 Å². The van der Waals surface area contributed by atoms with E-state index < -0.39 is 0 Å². The van der Waals surface area contributed by atoms with Crippen molar-refractivity contribution in [1.29, 1.82) is 0 Å². The molecule has 2 aromatic carbocycles. The van der Waals surface area contributed by atoms with Crippen molar-refractivity contribution >= 4 is 35.0 Å². The molecular weight excluding hydrogens is 380 g/mol. The lowest BCUT2D eigenvalue weighted by molar-refractivity contribution is -0.115. The second-order valence-corrected chi connectivity index (χ2v) is 8.13. The topological polar surface area (TPSA) is 59.8 Å². The van der Waals surface area contributed by atoms with E-state index in [0.29, 0.717) is 16.0 Å². The van der Waals surface area contributed by atoms with E-state index in [2.05, 4.69) is 15.5 Å². The number of aryl methyl sites for hydroxylation is 2. The maximum absolute atomic E-state index is 12.6. The van der Waals surface area contributed by atoms with Crippen LogP contribution >= 0.6 is 23.4 Å². The molecule has 140 valence electrons. The van der Waals surface area contributed by atoms with Crippen molar-refractivity contribution in [3.63, 3.8) is 0 Å². The van der Waals surface area contributed by atoms with Gasteiger partial charge in [0.1, 0.15) is 0 Å². The number of thioether (sulfide) groups is 1. The average Bonchev–Trinajstić information content (AvgIpc) is 2.98. The largest absolute Gasteiger partial charge is 0.325 e. The zero-order chi connectivity index (χ0) is 19.6. The van der Waals surface area contributed by atoms with Crippen LogP contribution in [0.5, 0.6) is 0 Å². The predicted octanol–water partition coefficient (Wildman–Crippen LogP) is 4.87. The van der Waals surface area contributed by atoms with Gasteiger partial charge in [0.25, 0.3) is 0 Å². The second kappa shape index (κ2) is 8.15. The molecule has 5 nitrogen and oxygen atoms in total. The van der Waals surface area contributed by atoms with Crippen LogP contribution < -0.4 is 5.32 Å². The molecule has 0 aliphatic rings. The van der Waals surface area contributed by atoms with Gasteiger partial charge in [-0.2, -0.15) is 0 Å². The normalized spacial score (nSPS) is 12.0. The van der Waals surface area contributed by atoms with Gasteiger partial charge in [-0.3, -0.25) is 4.79 Å². The van der Waals surface area contributed by atoms with Crippen molar-refractivity contribution in [1.82, 2.24) is 14.8 Å². The van der Waals surface area contributed by atoms with Gasteiger partial charge in [0.05, 0.1) is 10.3 Å². The van der Waals surface area contributed by atoms with Crippen LogP contribution in [0.2, 0.25) is 5.02 Å². The Hall–Kier alpha value is -2.31. The van der Waals surface area contributed by atoms with Gasteiger partial charge in [0.2, 0.25) is 5.91 Å². The Morgan fingerprint density at radius 2 is 1.93 bits per heavy atom. The molecule has 0 fully saturated rings. The summed E-state index contributed by atoms with van der Waals surface area (Å²) in [5.41, 5.74) is 3.85. The van der Waals surface area contributed by atoms with E-state index in [1.807, 2.05) is 74.9 Å². The number of amides is 1. The van der Waals surface area contributed by atoms with Gasteiger partial charge in [-0.15, -0.1) is 10.2 Å². The van der Waals surface area contributed by atoms with Gasteiger partial charge in [-0.1, -0.05) is 53.2 Å².